The SMILES string of the molecule is CN(CCC(=O)O)CCN(C)C(=O)OCC1c2ccccc2-c2ccccc21. The Hall–Kier alpha value is -2.86. The third-order valence-corrected chi connectivity index (χ3v) is 5.17. The Morgan fingerprint density at radius 3 is 2.07 bits per heavy atom. The smallest absolute Gasteiger partial charge is 0.409 e. The molecule has 0 radical (unpaired) electrons. The quantitative estimate of drug-likeness (QED) is 0.759. The van der Waals surface area contributed by atoms with Gasteiger partial charge in [0, 0.05) is 32.6 Å². The number of rotatable bonds is 8. The van der Waals surface area contributed by atoms with Crippen LogP contribution in [-0.4, -0.2) is 67.3 Å². The summed E-state index contributed by atoms with van der Waals surface area (Å²) in [6.45, 7) is 1.82. The fraction of sp³-hybridized carbons (Fsp3) is 0.364. The van der Waals surface area contributed by atoms with Crippen LogP contribution in [0, 0.1) is 0 Å². The van der Waals surface area contributed by atoms with Gasteiger partial charge >= 0.3 is 12.1 Å². The Bertz CT molecular complexity index is 806. The molecule has 6 heteroatoms. The molecule has 6 nitrogen and oxygen atoms in total. The molecule has 1 aliphatic rings. The predicted octanol–water partition coefficient (Wildman–Crippen LogP) is 3.27. The van der Waals surface area contributed by atoms with Gasteiger partial charge in [0.2, 0.25) is 0 Å². The Balaban J connectivity index is 1.55. The van der Waals surface area contributed by atoms with Crippen molar-refractivity contribution in [3.8, 4) is 11.1 Å². The minimum atomic E-state index is -0.822. The first-order valence-electron chi connectivity index (χ1n) is 9.44. The first-order valence-corrected chi connectivity index (χ1v) is 9.44. The summed E-state index contributed by atoms with van der Waals surface area (Å²) in [6, 6.07) is 16.5. The molecular weight excluding hydrogens is 356 g/mol. The fourth-order valence-corrected chi connectivity index (χ4v) is 3.51. The van der Waals surface area contributed by atoms with Crippen LogP contribution in [0.1, 0.15) is 23.5 Å². The van der Waals surface area contributed by atoms with E-state index in [1.54, 1.807) is 7.05 Å². The summed E-state index contributed by atoms with van der Waals surface area (Å²) in [5.74, 6) is -0.778. The molecule has 148 valence electrons. The van der Waals surface area contributed by atoms with E-state index in [-0.39, 0.29) is 18.4 Å². The monoisotopic (exact) mass is 382 g/mol. The molecule has 1 aliphatic carbocycles. The van der Waals surface area contributed by atoms with Gasteiger partial charge in [0.1, 0.15) is 6.61 Å². The molecule has 0 fully saturated rings. The number of hydrogen-bond acceptors (Lipinski definition) is 4. The summed E-state index contributed by atoms with van der Waals surface area (Å²) in [4.78, 5) is 26.4. The van der Waals surface area contributed by atoms with E-state index in [1.807, 2.05) is 36.2 Å². The summed E-state index contributed by atoms with van der Waals surface area (Å²) in [5.41, 5.74) is 4.78. The van der Waals surface area contributed by atoms with E-state index in [1.165, 1.54) is 27.2 Å². The molecule has 1 N–H and O–H groups in total. The summed E-state index contributed by atoms with van der Waals surface area (Å²) in [5, 5.41) is 8.73. The number of benzene rings is 2. The van der Waals surface area contributed by atoms with Gasteiger partial charge in [0.15, 0.2) is 0 Å². The molecule has 0 saturated heterocycles. The zero-order valence-electron chi connectivity index (χ0n) is 16.3. The number of ether oxygens (including phenoxy) is 1. The van der Waals surface area contributed by atoms with E-state index in [2.05, 4.69) is 24.3 Å². The van der Waals surface area contributed by atoms with Gasteiger partial charge in [0.25, 0.3) is 0 Å². The number of carboxylic acids is 1. The third-order valence-electron chi connectivity index (χ3n) is 5.17. The van der Waals surface area contributed by atoms with Gasteiger partial charge < -0.3 is 19.6 Å². The van der Waals surface area contributed by atoms with E-state index in [9.17, 15) is 9.59 Å². The number of likely N-dealkylation sites (N-methyl/N-ethyl adjacent to an activating group) is 2. The van der Waals surface area contributed by atoms with Crippen molar-refractivity contribution in [2.75, 3.05) is 40.3 Å². The molecule has 0 spiro atoms. The topological polar surface area (TPSA) is 70.1 Å². The molecule has 0 aliphatic heterocycles. The number of nitrogens with zero attached hydrogens (tertiary/aromatic N) is 2. The van der Waals surface area contributed by atoms with Gasteiger partial charge in [0.05, 0.1) is 6.42 Å². The van der Waals surface area contributed by atoms with Crippen LogP contribution in [-0.2, 0) is 9.53 Å². The number of carbonyl (C=O) groups excluding carboxylic acids is 1. The average Bonchev–Trinajstić information content (AvgIpc) is 3.02. The van der Waals surface area contributed by atoms with Gasteiger partial charge in [-0.3, -0.25) is 4.79 Å². The summed E-state index contributed by atoms with van der Waals surface area (Å²) >= 11 is 0. The summed E-state index contributed by atoms with van der Waals surface area (Å²) < 4.78 is 5.61. The van der Waals surface area contributed by atoms with Crippen molar-refractivity contribution >= 4 is 12.1 Å². The zero-order valence-corrected chi connectivity index (χ0v) is 16.3. The van der Waals surface area contributed by atoms with Gasteiger partial charge in [-0.15, -0.1) is 0 Å². The number of fused-ring (bicyclic) bond motifs is 3. The molecule has 3 rings (SSSR count). The minimum absolute atomic E-state index is 0.0444. The molecule has 0 unspecified atom stereocenters. The highest BCUT2D eigenvalue weighted by atomic mass is 16.6. The largest absolute Gasteiger partial charge is 0.481 e. The molecule has 28 heavy (non-hydrogen) atoms. The second kappa shape index (κ2) is 8.89. The Morgan fingerprint density at radius 2 is 1.50 bits per heavy atom. The first-order chi connectivity index (χ1) is 13.5. The highest BCUT2D eigenvalue weighted by molar-refractivity contribution is 5.79. The standard InChI is InChI=1S/C22H26N2O4/c1-23(12-11-21(25)26)13-14-24(2)22(27)28-15-20-18-9-5-3-7-16(18)17-8-4-6-10-19(17)20/h3-10,20H,11-15H2,1-2H3,(H,25,26). The van der Waals surface area contributed by atoms with Crippen LogP contribution in [0.15, 0.2) is 48.5 Å². The molecular formula is C22H26N2O4. The van der Waals surface area contributed by atoms with E-state index < -0.39 is 5.97 Å². The summed E-state index contributed by atoms with van der Waals surface area (Å²) in [6.07, 6.45) is -0.279. The number of carboxylic acid groups (broad SMARTS) is 1. The van der Waals surface area contributed by atoms with Crippen LogP contribution < -0.4 is 0 Å². The van der Waals surface area contributed by atoms with Crippen LogP contribution in [0.4, 0.5) is 4.79 Å². The lowest BCUT2D eigenvalue weighted by Crippen LogP contribution is -2.36. The van der Waals surface area contributed by atoms with Crippen molar-refractivity contribution < 1.29 is 19.4 Å². The second-order valence-electron chi connectivity index (χ2n) is 7.17. The van der Waals surface area contributed by atoms with Crippen LogP contribution >= 0.6 is 0 Å². The zero-order chi connectivity index (χ0) is 20.1. The number of amides is 1. The lowest BCUT2D eigenvalue weighted by Gasteiger charge is -2.22. The lowest BCUT2D eigenvalue weighted by atomic mass is 9.98. The molecule has 1 amide bonds. The number of carbonyl (C=O) groups is 2. The first kappa shape index (κ1) is 19.9. The Labute approximate surface area is 165 Å². The van der Waals surface area contributed by atoms with Crippen LogP contribution in [0.25, 0.3) is 11.1 Å². The van der Waals surface area contributed by atoms with Gasteiger partial charge in [-0.05, 0) is 29.3 Å². The highest BCUT2D eigenvalue weighted by Gasteiger charge is 2.29. The molecule has 0 atom stereocenters. The highest BCUT2D eigenvalue weighted by Crippen LogP contribution is 2.44. The van der Waals surface area contributed by atoms with E-state index in [0.717, 1.165) is 0 Å². The van der Waals surface area contributed by atoms with Crippen molar-refractivity contribution in [1.82, 2.24) is 9.80 Å². The normalized spacial score (nSPS) is 12.5. The third kappa shape index (κ3) is 4.51. The van der Waals surface area contributed by atoms with Crippen LogP contribution in [0.3, 0.4) is 0 Å². The molecule has 0 heterocycles. The van der Waals surface area contributed by atoms with Gasteiger partial charge in [-0.25, -0.2) is 4.79 Å². The summed E-state index contributed by atoms with van der Waals surface area (Å²) in [7, 11) is 3.54. The van der Waals surface area contributed by atoms with Gasteiger partial charge in [-0.2, -0.15) is 0 Å². The number of hydrogen-bond donors (Lipinski definition) is 1. The van der Waals surface area contributed by atoms with Gasteiger partial charge in [-0.1, -0.05) is 48.5 Å². The van der Waals surface area contributed by atoms with Crippen molar-refractivity contribution in [2.24, 2.45) is 0 Å². The van der Waals surface area contributed by atoms with Crippen molar-refractivity contribution in [1.29, 1.82) is 0 Å². The Kier molecular flexibility index (Phi) is 6.31. The molecule has 0 bridgehead atoms. The lowest BCUT2D eigenvalue weighted by molar-refractivity contribution is -0.137. The fourth-order valence-electron chi connectivity index (χ4n) is 3.51. The maximum absolute atomic E-state index is 12.4. The molecule has 0 saturated carbocycles. The minimum Gasteiger partial charge on any atom is -0.481 e. The second-order valence-corrected chi connectivity index (χ2v) is 7.17. The van der Waals surface area contributed by atoms with E-state index >= 15 is 0 Å². The van der Waals surface area contributed by atoms with E-state index in [4.69, 9.17) is 9.84 Å². The van der Waals surface area contributed by atoms with Crippen LogP contribution in [0.5, 0.6) is 0 Å². The van der Waals surface area contributed by atoms with Crippen molar-refractivity contribution in [3.63, 3.8) is 0 Å². The predicted molar refractivity (Wildman–Crippen MR) is 107 cm³/mol. The molecule has 2 aromatic rings. The average molecular weight is 382 g/mol. The van der Waals surface area contributed by atoms with E-state index in [0.29, 0.717) is 26.2 Å². The Morgan fingerprint density at radius 1 is 0.929 bits per heavy atom. The maximum atomic E-state index is 12.4. The molecule has 0 aromatic heterocycles. The van der Waals surface area contributed by atoms with Crippen LogP contribution in [0.2, 0.25) is 0 Å². The van der Waals surface area contributed by atoms with Crippen molar-refractivity contribution in [3.05, 3.63) is 59.7 Å². The number of aliphatic carboxylic acids is 1. The molecule has 2 aromatic carbocycles. The van der Waals surface area contributed by atoms with Crippen molar-refractivity contribution in [2.45, 2.75) is 12.3 Å². The maximum Gasteiger partial charge on any atom is 0.409 e.